The standard InChI is InChI=1S/C9H22N4O/c1-7(2)9(14)8(11)3-4-12-6-13-5-10/h7-8,12-13H,3-6,10-11H2,1-2H3/t8-/m0/s1. The Morgan fingerprint density at radius 1 is 1.36 bits per heavy atom. The van der Waals surface area contributed by atoms with Crippen LogP contribution < -0.4 is 22.1 Å². The highest BCUT2D eigenvalue weighted by Gasteiger charge is 2.15. The van der Waals surface area contributed by atoms with Gasteiger partial charge in [-0.05, 0) is 13.0 Å². The van der Waals surface area contributed by atoms with Crippen molar-refractivity contribution >= 4 is 5.78 Å². The molecular formula is C9H22N4O. The van der Waals surface area contributed by atoms with Gasteiger partial charge in [-0.1, -0.05) is 13.8 Å². The van der Waals surface area contributed by atoms with Crippen molar-refractivity contribution in [2.24, 2.45) is 17.4 Å². The van der Waals surface area contributed by atoms with Crippen molar-refractivity contribution in [3.63, 3.8) is 0 Å². The lowest BCUT2D eigenvalue weighted by molar-refractivity contribution is -0.123. The zero-order valence-electron chi connectivity index (χ0n) is 9.05. The fourth-order valence-electron chi connectivity index (χ4n) is 1.08. The lowest BCUT2D eigenvalue weighted by Crippen LogP contribution is -2.39. The monoisotopic (exact) mass is 202 g/mol. The Balaban J connectivity index is 3.44. The predicted molar refractivity (Wildman–Crippen MR) is 57.5 cm³/mol. The molecule has 0 aromatic heterocycles. The molecule has 0 bridgehead atoms. The van der Waals surface area contributed by atoms with E-state index in [1.807, 2.05) is 13.8 Å². The van der Waals surface area contributed by atoms with Crippen LogP contribution in [0.15, 0.2) is 0 Å². The van der Waals surface area contributed by atoms with Gasteiger partial charge in [-0.3, -0.25) is 10.1 Å². The molecule has 1 atom stereocenters. The van der Waals surface area contributed by atoms with Crippen molar-refractivity contribution in [1.82, 2.24) is 10.6 Å². The van der Waals surface area contributed by atoms with Gasteiger partial charge in [0.05, 0.1) is 6.04 Å². The van der Waals surface area contributed by atoms with Gasteiger partial charge in [0.25, 0.3) is 0 Å². The van der Waals surface area contributed by atoms with Crippen molar-refractivity contribution < 1.29 is 4.79 Å². The molecule has 0 aliphatic carbocycles. The van der Waals surface area contributed by atoms with Gasteiger partial charge in [-0.2, -0.15) is 0 Å². The lowest BCUT2D eigenvalue weighted by atomic mass is 10.0. The van der Waals surface area contributed by atoms with Crippen LogP contribution >= 0.6 is 0 Å². The molecule has 0 heterocycles. The molecule has 6 N–H and O–H groups in total. The summed E-state index contributed by atoms with van der Waals surface area (Å²) in [7, 11) is 0. The molecule has 14 heavy (non-hydrogen) atoms. The molecule has 0 aromatic carbocycles. The molecule has 0 radical (unpaired) electrons. The van der Waals surface area contributed by atoms with Gasteiger partial charge in [0.1, 0.15) is 0 Å². The zero-order valence-corrected chi connectivity index (χ0v) is 9.05. The fraction of sp³-hybridized carbons (Fsp3) is 0.889. The largest absolute Gasteiger partial charge is 0.321 e. The lowest BCUT2D eigenvalue weighted by Gasteiger charge is -2.13. The summed E-state index contributed by atoms with van der Waals surface area (Å²) in [4.78, 5) is 11.4. The Kier molecular flexibility index (Phi) is 7.60. The average Bonchev–Trinajstić information content (AvgIpc) is 2.16. The first-order chi connectivity index (χ1) is 6.59. The molecule has 0 fully saturated rings. The van der Waals surface area contributed by atoms with Gasteiger partial charge < -0.3 is 16.8 Å². The van der Waals surface area contributed by atoms with E-state index in [4.69, 9.17) is 11.5 Å². The van der Waals surface area contributed by atoms with Gasteiger partial charge in [0, 0.05) is 19.3 Å². The number of carbonyl (C=O) groups is 1. The Hall–Kier alpha value is -0.490. The molecule has 0 rings (SSSR count). The summed E-state index contributed by atoms with van der Waals surface area (Å²) in [5.74, 6) is 0.144. The number of hydrogen-bond donors (Lipinski definition) is 4. The zero-order chi connectivity index (χ0) is 11.0. The highest BCUT2D eigenvalue weighted by atomic mass is 16.1. The third kappa shape index (κ3) is 6.04. The number of rotatable bonds is 8. The van der Waals surface area contributed by atoms with E-state index in [0.717, 1.165) is 6.54 Å². The molecular weight excluding hydrogens is 180 g/mol. The molecule has 84 valence electrons. The number of Topliss-reactive ketones (excluding diaryl/α,β-unsaturated/α-hetero) is 1. The summed E-state index contributed by atoms with van der Waals surface area (Å²) in [6, 6.07) is -0.347. The highest BCUT2D eigenvalue weighted by molar-refractivity contribution is 5.85. The first-order valence-electron chi connectivity index (χ1n) is 5.00. The maximum absolute atomic E-state index is 11.4. The second-order valence-corrected chi connectivity index (χ2v) is 3.58. The van der Waals surface area contributed by atoms with E-state index in [9.17, 15) is 4.79 Å². The minimum absolute atomic E-state index is 0.0205. The van der Waals surface area contributed by atoms with Crippen LogP contribution in [0.1, 0.15) is 20.3 Å². The summed E-state index contributed by atoms with van der Waals surface area (Å²) in [5.41, 5.74) is 10.9. The van der Waals surface area contributed by atoms with E-state index >= 15 is 0 Å². The molecule has 0 aliphatic heterocycles. The predicted octanol–water partition coefficient (Wildman–Crippen LogP) is -1.02. The summed E-state index contributed by atoms with van der Waals surface area (Å²) < 4.78 is 0. The Morgan fingerprint density at radius 3 is 2.50 bits per heavy atom. The Labute approximate surface area is 85.6 Å². The molecule has 5 heteroatoms. The van der Waals surface area contributed by atoms with Crippen molar-refractivity contribution in [2.75, 3.05) is 19.9 Å². The van der Waals surface area contributed by atoms with Gasteiger partial charge in [0.2, 0.25) is 0 Å². The van der Waals surface area contributed by atoms with Gasteiger partial charge in [-0.15, -0.1) is 0 Å². The van der Waals surface area contributed by atoms with Gasteiger partial charge in [-0.25, -0.2) is 0 Å². The maximum Gasteiger partial charge on any atom is 0.152 e. The first kappa shape index (κ1) is 13.5. The van der Waals surface area contributed by atoms with Crippen LogP contribution in [0.4, 0.5) is 0 Å². The molecule has 0 amide bonds. The third-order valence-corrected chi connectivity index (χ3v) is 1.96. The Morgan fingerprint density at radius 2 is 2.00 bits per heavy atom. The first-order valence-corrected chi connectivity index (χ1v) is 5.00. The van der Waals surface area contributed by atoms with Crippen LogP contribution in [-0.4, -0.2) is 31.7 Å². The van der Waals surface area contributed by atoms with Crippen molar-refractivity contribution in [1.29, 1.82) is 0 Å². The molecule has 0 aromatic rings. The SMILES string of the molecule is CC(C)C(=O)[C@@H](N)CCNCNCN. The Bertz CT molecular complexity index is 161. The summed E-state index contributed by atoms with van der Waals surface area (Å²) in [6.07, 6.45) is 0.670. The topological polar surface area (TPSA) is 93.2 Å². The fourth-order valence-corrected chi connectivity index (χ4v) is 1.08. The van der Waals surface area contributed by atoms with Crippen LogP contribution in [0.2, 0.25) is 0 Å². The van der Waals surface area contributed by atoms with E-state index in [1.165, 1.54) is 0 Å². The van der Waals surface area contributed by atoms with Crippen molar-refractivity contribution in [2.45, 2.75) is 26.3 Å². The molecule has 0 aliphatic rings. The van der Waals surface area contributed by atoms with E-state index in [1.54, 1.807) is 0 Å². The maximum atomic E-state index is 11.4. The van der Waals surface area contributed by atoms with Crippen LogP contribution in [0, 0.1) is 5.92 Å². The highest BCUT2D eigenvalue weighted by Crippen LogP contribution is 2.00. The number of nitrogens with two attached hydrogens (primary N) is 2. The van der Waals surface area contributed by atoms with E-state index < -0.39 is 0 Å². The molecule has 0 spiro atoms. The molecule has 0 saturated carbocycles. The van der Waals surface area contributed by atoms with Crippen LogP contribution in [0.5, 0.6) is 0 Å². The molecule has 0 unspecified atom stereocenters. The minimum atomic E-state index is -0.347. The number of hydrogen-bond acceptors (Lipinski definition) is 5. The van der Waals surface area contributed by atoms with Gasteiger partial charge in [0.15, 0.2) is 5.78 Å². The van der Waals surface area contributed by atoms with Crippen molar-refractivity contribution in [3.05, 3.63) is 0 Å². The number of nitrogens with one attached hydrogen (secondary N) is 2. The smallest absolute Gasteiger partial charge is 0.152 e. The molecule has 0 saturated heterocycles. The van der Waals surface area contributed by atoms with E-state index in [0.29, 0.717) is 19.8 Å². The number of carbonyl (C=O) groups excluding carboxylic acids is 1. The van der Waals surface area contributed by atoms with Crippen molar-refractivity contribution in [3.8, 4) is 0 Å². The summed E-state index contributed by atoms with van der Waals surface area (Å²) in [5, 5.41) is 6.00. The van der Waals surface area contributed by atoms with E-state index in [2.05, 4.69) is 10.6 Å². The summed E-state index contributed by atoms with van der Waals surface area (Å²) >= 11 is 0. The molecule has 5 nitrogen and oxygen atoms in total. The number of ketones is 1. The van der Waals surface area contributed by atoms with Crippen LogP contribution in [0.25, 0.3) is 0 Å². The third-order valence-electron chi connectivity index (χ3n) is 1.96. The summed E-state index contributed by atoms with van der Waals surface area (Å²) in [6.45, 7) is 5.56. The minimum Gasteiger partial charge on any atom is -0.321 e. The normalized spacial score (nSPS) is 13.2. The second kappa shape index (κ2) is 7.87. The van der Waals surface area contributed by atoms with Gasteiger partial charge >= 0.3 is 0 Å². The van der Waals surface area contributed by atoms with E-state index in [-0.39, 0.29) is 17.7 Å². The van der Waals surface area contributed by atoms with Crippen LogP contribution in [0.3, 0.4) is 0 Å². The quantitative estimate of drug-likeness (QED) is 0.299. The second-order valence-electron chi connectivity index (χ2n) is 3.58. The average molecular weight is 202 g/mol. The van der Waals surface area contributed by atoms with Crippen LogP contribution in [-0.2, 0) is 4.79 Å².